The van der Waals surface area contributed by atoms with Crippen molar-refractivity contribution in [2.75, 3.05) is 26.8 Å². The minimum Gasteiger partial charge on any atom is -0.444 e. The second-order valence-corrected chi connectivity index (χ2v) is 5.60. The van der Waals surface area contributed by atoms with E-state index in [9.17, 15) is 4.79 Å². The van der Waals surface area contributed by atoms with E-state index < -0.39 is 5.60 Å². The van der Waals surface area contributed by atoms with Crippen molar-refractivity contribution in [2.45, 2.75) is 32.8 Å². The van der Waals surface area contributed by atoms with Crippen LogP contribution in [0.5, 0.6) is 0 Å². The van der Waals surface area contributed by atoms with Crippen LogP contribution in [0, 0.1) is 16.7 Å². The highest BCUT2D eigenvalue weighted by molar-refractivity contribution is 5.69. The summed E-state index contributed by atoms with van der Waals surface area (Å²) in [5, 5.41) is 8.76. The number of likely N-dealkylation sites (tertiary alicyclic amines) is 1. The Morgan fingerprint density at radius 2 is 2.06 bits per heavy atom. The summed E-state index contributed by atoms with van der Waals surface area (Å²) in [6, 6.07) is 2.14. The molecule has 1 amide bonds. The van der Waals surface area contributed by atoms with Gasteiger partial charge < -0.3 is 14.4 Å². The molecule has 5 nitrogen and oxygen atoms in total. The van der Waals surface area contributed by atoms with E-state index in [4.69, 9.17) is 14.7 Å². The van der Waals surface area contributed by atoms with Crippen molar-refractivity contribution in [3.8, 4) is 6.07 Å². The summed E-state index contributed by atoms with van der Waals surface area (Å²) in [6.45, 7) is 7.07. The molecule has 0 saturated carbocycles. The van der Waals surface area contributed by atoms with E-state index in [2.05, 4.69) is 6.07 Å². The fourth-order valence-electron chi connectivity index (χ4n) is 1.95. The van der Waals surface area contributed by atoms with Crippen molar-refractivity contribution in [2.24, 2.45) is 5.41 Å². The van der Waals surface area contributed by atoms with Gasteiger partial charge in [-0.3, -0.25) is 0 Å². The number of nitrogens with zero attached hydrogens (tertiary/aromatic N) is 2. The lowest BCUT2D eigenvalue weighted by Gasteiger charge is -2.48. The Hall–Kier alpha value is -1.28. The maximum Gasteiger partial charge on any atom is 0.410 e. The molecule has 96 valence electrons. The number of nitriles is 1. The molecule has 1 heterocycles. The van der Waals surface area contributed by atoms with Gasteiger partial charge in [-0.05, 0) is 20.8 Å². The first-order chi connectivity index (χ1) is 7.82. The SMILES string of the molecule is COCC1(CC#N)CN(C(=O)OC(C)(C)C)C1. The quantitative estimate of drug-likeness (QED) is 0.754. The van der Waals surface area contributed by atoms with Gasteiger partial charge in [-0.15, -0.1) is 0 Å². The molecule has 0 aliphatic carbocycles. The van der Waals surface area contributed by atoms with Crippen LogP contribution < -0.4 is 0 Å². The number of carbonyl (C=O) groups is 1. The van der Waals surface area contributed by atoms with Gasteiger partial charge in [0.1, 0.15) is 5.60 Å². The number of hydrogen-bond acceptors (Lipinski definition) is 4. The van der Waals surface area contributed by atoms with Crippen LogP contribution in [-0.2, 0) is 9.47 Å². The van der Waals surface area contributed by atoms with Crippen molar-refractivity contribution in [3.63, 3.8) is 0 Å². The zero-order chi connectivity index (χ0) is 13.1. The molecule has 0 aromatic rings. The molecule has 17 heavy (non-hydrogen) atoms. The zero-order valence-electron chi connectivity index (χ0n) is 10.9. The highest BCUT2D eigenvalue weighted by Gasteiger charge is 2.46. The first-order valence-electron chi connectivity index (χ1n) is 5.66. The third-order valence-electron chi connectivity index (χ3n) is 2.61. The van der Waals surface area contributed by atoms with Crippen molar-refractivity contribution < 1.29 is 14.3 Å². The second kappa shape index (κ2) is 4.92. The van der Waals surface area contributed by atoms with Gasteiger partial charge in [0, 0.05) is 32.0 Å². The Kier molecular flexibility index (Phi) is 3.99. The van der Waals surface area contributed by atoms with E-state index in [-0.39, 0.29) is 11.5 Å². The molecule has 5 heteroatoms. The number of amides is 1. The van der Waals surface area contributed by atoms with Gasteiger partial charge in [-0.2, -0.15) is 5.26 Å². The van der Waals surface area contributed by atoms with Gasteiger partial charge in [0.15, 0.2) is 0 Å². The summed E-state index contributed by atoms with van der Waals surface area (Å²) in [7, 11) is 1.61. The highest BCUT2D eigenvalue weighted by Crippen LogP contribution is 2.34. The lowest BCUT2D eigenvalue weighted by molar-refractivity contribution is -0.0616. The molecule has 0 aromatic heterocycles. The monoisotopic (exact) mass is 240 g/mol. The smallest absolute Gasteiger partial charge is 0.410 e. The molecule has 0 atom stereocenters. The standard InChI is InChI=1S/C12H20N2O3/c1-11(2,3)17-10(15)14-7-12(8-14,5-6-13)9-16-4/h5,7-9H2,1-4H3. The van der Waals surface area contributed by atoms with Crippen LogP contribution >= 0.6 is 0 Å². The molecule has 0 spiro atoms. The predicted molar refractivity (Wildman–Crippen MR) is 62.3 cm³/mol. The van der Waals surface area contributed by atoms with Crippen LogP contribution in [0.1, 0.15) is 27.2 Å². The third-order valence-corrected chi connectivity index (χ3v) is 2.61. The normalized spacial score (nSPS) is 18.2. The van der Waals surface area contributed by atoms with E-state index in [1.807, 2.05) is 20.8 Å². The van der Waals surface area contributed by atoms with Crippen LogP contribution in [0.2, 0.25) is 0 Å². The fraction of sp³-hybridized carbons (Fsp3) is 0.833. The molecule has 1 saturated heterocycles. The Morgan fingerprint density at radius 3 is 2.47 bits per heavy atom. The maximum absolute atomic E-state index is 11.7. The third kappa shape index (κ3) is 3.60. The molecular formula is C12H20N2O3. The molecule has 0 unspecified atom stereocenters. The van der Waals surface area contributed by atoms with Crippen LogP contribution in [-0.4, -0.2) is 43.4 Å². The molecule has 1 aliphatic heterocycles. The Balaban J connectivity index is 2.49. The first kappa shape index (κ1) is 13.8. The average molecular weight is 240 g/mol. The van der Waals surface area contributed by atoms with Gasteiger partial charge in [0.25, 0.3) is 0 Å². The van der Waals surface area contributed by atoms with E-state index >= 15 is 0 Å². The van der Waals surface area contributed by atoms with Gasteiger partial charge in [0.2, 0.25) is 0 Å². The Bertz CT molecular complexity index is 322. The predicted octanol–water partition coefficient (Wildman–Crippen LogP) is 1.78. The van der Waals surface area contributed by atoms with Crippen molar-refractivity contribution >= 4 is 6.09 Å². The van der Waals surface area contributed by atoms with E-state index in [0.29, 0.717) is 26.1 Å². The molecule has 1 aliphatic rings. The minimum absolute atomic E-state index is 0.208. The van der Waals surface area contributed by atoms with E-state index in [1.54, 1.807) is 12.0 Å². The number of ether oxygens (including phenoxy) is 2. The van der Waals surface area contributed by atoms with Crippen molar-refractivity contribution in [1.29, 1.82) is 5.26 Å². The van der Waals surface area contributed by atoms with Crippen molar-refractivity contribution in [3.05, 3.63) is 0 Å². The van der Waals surface area contributed by atoms with Crippen LogP contribution in [0.25, 0.3) is 0 Å². The van der Waals surface area contributed by atoms with Gasteiger partial charge in [-0.1, -0.05) is 0 Å². The average Bonchev–Trinajstić information content (AvgIpc) is 2.10. The summed E-state index contributed by atoms with van der Waals surface area (Å²) in [5.41, 5.74) is -0.688. The molecule has 0 radical (unpaired) electrons. The van der Waals surface area contributed by atoms with Crippen molar-refractivity contribution in [1.82, 2.24) is 4.90 Å². The van der Waals surface area contributed by atoms with Gasteiger partial charge >= 0.3 is 6.09 Å². The zero-order valence-corrected chi connectivity index (χ0v) is 10.9. The number of hydrogen-bond donors (Lipinski definition) is 0. The lowest BCUT2D eigenvalue weighted by atomic mass is 9.78. The summed E-state index contributed by atoms with van der Waals surface area (Å²) >= 11 is 0. The van der Waals surface area contributed by atoms with Gasteiger partial charge in [0.05, 0.1) is 12.7 Å². The lowest BCUT2D eigenvalue weighted by Crippen LogP contribution is -2.61. The number of rotatable bonds is 3. The molecule has 0 N–H and O–H groups in total. The Morgan fingerprint density at radius 1 is 1.47 bits per heavy atom. The van der Waals surface area contributed by atoms with E-state index in [1.165, 1.54) is 0 Å². The number of methoxy groups -OCH3 is 1. The summed E-state index contributed by atoms with van der Waals surface area (Å²) in [6.07, 6.45) is 0.0855. The van der Waals surface area contributed by atoms with Crippen LogP contribution in [0.15, 0.2) is 0 Å². The summed E-state index contributed by atoms with van der Waals surface area (Å²) in [4.78, 5) is 13.3. The largest absolute Gasteiger partial charge is 0.444 e. The summed E-state index contributed by atoms with van der Waals surface area (Å²) < 4.78 is 10.4. The molecule has 1 rings (SSSR count). The molecular weight excluding hydrogens is 220 g/mol. The maximum atomic E-state index is 11.7. The molecule has 0 bridgehead atoms. The topological polar surface area (TPSA) is 62.6 Å². The summed E-state index contributed by atoms with van der Waals surface area (Å²) in [5.74, 6) is 0. The second-order valence-electron chi connectivity index (χ2n) is 5.60. The van der Waals surface area contributed by atoms with E-state index in [0.717, 1.165) is 0 Å². The molecule has 0 aromatic carbocycles. The minimum atomic E-state index is -0.480. The Labute approximate surface area is 102 Å². The van der Waals surface area contributed by atoms with Gasteiger partial charge in [-0.25, -0.2) is 4.79 Å². The first-order valence-corrected chi connectivity index (χ1v) is 5.66. The number of carbonyl (C=O) groups excluding carboxylic acids is 1. The fourth-order valence-corrected chi connectivity index (χ4v) is 1.95. The highest BCUT2D eigenvalue weighted by atomic mass is 16.6. The molecule has 1 fully saturated rings. The van der Waals surface area contributed by atoms with Crippen LogP contribution in [0.3, 0.4) is 0 Å². The van der Waals surface area contributed by atoms with Crippen LogP contribution in [0.4, 0.5) is 4.79 Å².